The van der Waals surface area contributed by atoms with Gasteiger partial charge < -0.3 is 10.8 Å². The first-order valence-corrected chi connectivity index (χ1v) is 7.06. The molecule has 2 nitrogen and oxygen atoms in total. The lowest BCUT2D eigenvalue weighted by atomic mass is 9.82. The number of aliphatic hydroxyl groups excluding tert-OH is 1. The van der Waals surface area contributed by atoms with Crippen LogP contribution in [-0.2, 0) is 5.41 Å². The van der Waals surface area contributed by atoms with E-state index in [2.05, 4.69) is 53.7 Å². The molecule has 0 unspecified atom stereocenters. The molecule has 0 amide bonds. The average molecular weight is 263 g/mol. The Labute approximate surface area is 118 Å². The largest absolute Gasteiger partial charge is 0.388 e. The van der Waals surface area contributed by atoms with E-state index in [0.717, 1.165) is 5.56 Å². The molecule has 0 aliphatic carbocycles. The summed E-state index contributed by atoms with van der Waals surface area (Å²) in [5.74, 6) is 0. The minimum atomic E-state index is -0.483. The molecule has 0 bridgehead atoms. The Morgan fingerprint density at radius 2 is 1.47 bits per heavy atom. The lowest BCUT2D eigenvalue weighted by molar-refractivity contribution is 0.133. The first kappa shape index (κ1) is 16.2. The minimum absolute atomic E-state index is 0.00945. The zero-order chi connectivity index (χ0) is 14.8. The van der Waals surface area contributed by atoms with Gasteiger partial charge in [0.1, 0.15) is 0 Å². The second-order valence-corrected chi connectivity index (χ2v) is 7.60. The highest BCUT2D eigenvalue weighted by Gasteiger charge is 2.24. The summed E-state index contributed by atoms with van der Waals surface area (Å²) in [4.78, 5) is 0. The van der Waals surface area contributed by atoms with Crippen molar-refractivity contribution in [2.45, 2.75) is 65.5 Å². The van der Waals surface area contributed by atoms with Gasteiger partial charge in [-0.1, -0.05) is 65.8 Å². The molecule has 0 aliphatic heterocycles. The molecular weight excluding hydrogens is 234 g/mol. The van der Waals surface area contributed by atoms with Crippen molar-refractivity contribution in [1.82, 2.24) is 0 Å². The lowest BCUT2D eigenvalue weighted by Crippen LogP contribution is -2.36. The van der Waals surface area contributed by atoms with Crippen LogP contribution in [0.5, 0.6) is 0 Å². The first-order valence-electron chi connectivity index (χ1n) is 7.06. The van der Waals surface area contributed by atoms with Crippen LogP contribution in [0, 0.1) is 5.41 Å². The van der Waals surface area contributed by atoms with Crippen molar-refractivity contribution < 1.29 is 5.11 Å². The monoisotopic (exact) mass is 263 g/mol. The molecule has 0 aromatic heterocycles. The van der Waals surface area contributed by atoms with Gasteiger partial charge in [-0.3, -0.25) is 0 Å². The zero-order valence-corrected chi connectivity index (χ0v) is 13.2. The quantitative estimate of drug-likeness (QED) is 0.871. The van der Waals surface area contributed by atoms with E-state index in [0.29, 0.717) is 6.42 Å². The highest BCUT2D eigenvalue weighted by atomic mass is 16.3. The fraction of sp³-hybridized carbons (Fsp3) is 0.647. The molecule has 3 N–H and O–H groups in total. The Hall–Kier alpha value is -0.860. The number of benzene rings is 1. The van der Waals surface area contributed by atoms with Gasteiger partial charge in [-0.15, -0.1) is 0 Å². The van der Waals surface area contributed by atoms with Gasteiger partial charge in [0.2, 0.25) is 0 Å². The SMILES string of the molecule is CC(C)(C)c1ccc([C@H](O)C[C@H](N)C(C)(C)C)cc1. The number of hydrogen-bond acceptors (Lipinski definition) is 2. The third-order valence-electron chi connectivity index (χ3n) is 3.75. The molecule has 2 atom stereocenters. The van der Waals surface area contributed by atoms with E-state index >= 15 is 0 Å². The van der Waals surface area contributed by atoms with Crippen molar-refractivity contribution in [3.8, 4) is 0 Å². The second-order valence-electron chi connectivity index (χ2n) is 7.60. The van der Waals surface area contributed by atoms with E-state index in [4.69, 9.17) is 5.73 Å². The Bertz CT molecular complexity index is 395. The predicted octanol–water partition coefficient (Wildman–Crippen LogP) is 3.78. The molecular formula is C17H29NO. The van der Waals surface area contributed by atoms with Crippen molar-refractivity contribution in [1.29, 1.82) is 0 Å². The molecule has 1 aromatic carbocycles. The Morgan fingerprint density at radius 3 is 1.84 bits per heavy atom. The van der Waals surface area contributed by atoms with Crippen LogP contribution in [0.25, 0.3) is 0 Å². The third kappa shape index (κ3) is 4.63. The van der Waals surface area contributed by atoms with Gasteiger partial charge in [0.15, 0.2) is 0 Å². The highest BCUT2D eigenvalue weighted by molar-refractivity contribution is 5.28. The summed E-state index contributed by atoms with van der Waals surface area (Å²) in [6.07, 6.45) is 0.112. The number of aliphatic hydroxyl groups is 1. The van der Waals surface area contributed by atoms with Crippen molar-refractivity contribution in [3.05, 3.63) is 35.4 Å². The van der Waals surface area contributed by atoms with Crippen molar-refractivity contribution >= 4 is 0 Å². The van der Waals surface area contributed by atoms with Crippen LogP contribution < -0.4 is 5.73 Å². The van der Waals surface area contributed by atoms with Crippen LogP contribution in [-0.4, -0.2) is 11.1 Å². The maximum atomic E-state index is 10.3. The minimum Gasteiger partial charge on any atom is -0.388 e. The second kappa shape index (κ2) is 5.64. The van der Waals surface area contributed by atoms with Crippen molar-refractivity contribution in [3.63, 3.8) is 0 Å². The van der Waals surface area contributed by atoms with Crippen molar-refractivity contribution in [2.24, 2.45) is 11.1 Å². The highest BCUT2D eigenvalue weighted by Crippen LogP contribution is 2.28. The molecule has 0 radical (unpaired) electrons. The topological polar surface area (TPSA) is 46.2 Å². The van der Waals surface area contributed by atoms with E-state index in [-0.39, 0.29) is 16.9 Å². The molecule has 0 saturated carbocycles. The summed E-state index contributed by atoms with van der Waals surface area (Å²) >= 11 is 0. The maximum Gasteiger partial charge on any atom is 0.0805 e. The molecule has 0 heterocycles. The van der Waals surface area contributed by atoms with Gasteiger partial charge in [0.05, 0.1) is 6.10 Å². The average Bonchev–Trinajstić information content (AvgIpc) is 2.26. The Morgan fingerprint density at radius 1 is 1.00 bits per heavy atom. The third-order valence-corrected chi connectivity index (χ3v) is 3.75. The van der Waals surface area contributed by atoms with Gasteiger partial charge in [0.25, 0.3) is 0 Å². The summed E-state index contributed by atoms with van der Waals surface area (Å²) in [6.45, 7) is 12.9. The van der Waals surface area contributed by atoms with Gasteiger partial charge in [-0.05, 0) is 28.4 Å². The number of hydrogen-bond donors (Lipinski definition) is 2. The van der Waals surface area contributed by atoms with Gasteiger partial charge in [-0.2, -0.15) is 0 Å². The van der Waals surface area contributed by atoms with Crippen molar-refractivity contribution in [2.75, 3.05) is 0 Å². The standard InChI is InChI=1S/C17H29NO/c1-16(2,3)13-9-7-12(8-10-13)14(19)11-15(18)17(4,5)6/h7-10,14-15,19H,11,18H2,1-6H3/t14-,15+/m1/s1. The number of nitrogens with two attached hydrogens (primary N) is 1. The van der Waals surface area contributed by atoms with Gasteiger partial charge >= 0.3 is 0 Å². The molecule has 1 rings (SSSR count). The van der Waals surface area contributed by atoms with Crippen LogP contribution in [0.4, 0.5) is 0 Å². The summed E-state index contributed by atoms with van der Waals surface area (Å²) in [5, 5.41) is 10.3. The van der Waals surface area contributed by atoms with Crippen LogP contribution >= 0.6 is 0 Å². The molecule has 2 heteroatoms. The van der Waals surface area contributed by atoms with Gasteiger partial charge in [0, 0.05) is 6.04 Å². The molecule has 0 fully saturated rings. The van der Waals surface area contributed by atoms with Gasteiger partial charge in [-0.25, -0.2) is 0 Å². The first-order chi connectivity index (χ1) is 8.51. The fourth-order valence-electron chi connectivity index (χ4n) is 1.94. The van der Waals surface area contributed by atoms with E-state index in [1.807, 2.05) is 12.1 Å². The van der Waals surface area contributed by atoms with E-state index in [1.54, 1.807) is 0 Å². The number of rotatable bonds is 3. The molecule has 19 heavy (non-hydrogen) atoms. The van der Waals surface area contributed by atoms with E-state index < -0.39 is 6.10 Å². The molecule has 0 spiro atoms. The summed E-state index contributed by atoms with van der Waals surface area (Å²) in [5.41, 5.74) is 8.53. The zero-order valence-electron chi connectivity index (χ0n) is 13.2. The summed E-state index contributed by atoms with van der Waals surface area (Å²) in [7, 11) is 0. The van der Waals surface area contributed by atoms with Crippen LogP contribution in [0.3, 0.4) is 0 Å². The molecule has 0 saturated heterocycles. The normalized spacial score (nSPS) is 16.2. The van der Waals surface area contributed by atoms with Crippen LogP contribution in [0.2, 0.25) is 0 Å². The van der Waals surface area contributed by atoms with E-state index in [1.165, 1.54) is 5.56 Å². The predicted molar refractivity (Wildman–Crippen MR) is 82.1 cm³/mol. The Kier molecular flexibility index (Phi) is 4.81. The van der Waals surface area contributed by atoms with E-state index in [9.17, 15) is 5.11 Å². The molecule has 0 aliphatic rings. The molecule has 1 aromatic rings. The summed E-state index contributed by atoms with van der Waals surface area (Å²) in [6, 6.07) is 8.22. The lowest BCUT2D eigenvalue weighted by Gasteiger charge is -2.29. The summed E-state index contributed by atoms with van der Waals surface area (Å²) < 4.78 is 0. The molecule has 108 valence electrons. The Balaban J connectivity index is 2.76. The fourth-order valence-corrected chi connectivity index (χ4v) is 1.94. The smallest absolute Gasteiger partial charge is 0.0805 e. The maximum absolute atomic E-state index is 10.3. The van der Waals surface area contributed by atoms with Crippen LogP contribution in [0.15, 0.2) is 24.3 Å². The van der Waals surface area contributed by atoms with Crippen LogP contribution in [0.1, 0.15) is 65.2 Å².